The first-order valence-electron chi connectivity index (χ1n) is 4.91. The molecule has 0 atom stereocenters. The van der Waals surface area contributed by atoms with Crippen molar-refractivity contribution in [1.29, 1.82) is 0 Å². The first-order valence-corrected chi connectivity index (χ1v) is 4.91. The number of amides is 1. The smallest absolute Gasteiger partial charge is 0.329 e. The minimum Gasteiger partial charge on any atom is -0.329 e. The number of rotatable bonds is 1. The third-order valence-corrected chi connectivity index (χ3v) is 2.56. The fraction of sp³-hybridized carbons (Fsp3) is 0.364. The molecule has 0 radical (unpaired) electrons. The second kappa shape index (κ2) is 3.81. The number of benzene rings is 1. The molecule has 0 unspecified atom stereocenters. The standard InChI is InChI=1S/C11H10F3NO/c12-11(13,14)7-15-6-5-8-3-1-2-4-9(8)10(15)16/h1-4H,5-7H2. The first kappa shape index (κ1) is 11.0. The number of carbonyl (C=O) groups is 1. The van der Waals surface area contributed by atoms with Crippen LogP contribution in [0.15, 0.2) is 24.3 Å². The van der Waals surface area contributed by atoms with Crippen LogP contribution in [-0.4, -0.2) is 30.1 Å². The average Bonchev–Trinajstić information content (AvgIpc) is 2.21. The molecule has 0 bridgehead atoms. The van der Waals surface area contributed by atoms with Gasteiger partial charge >= 0.3 is 6.18 Å². The normalized spacial score (nSPS) is 16.2. The van der Waals surface area contributed by atoms with Crippen LogP contribution in [-0.2, 0) is 6.42 Å². The van der Waals surface area contributed by atoms with Gasteiger partial charge in [-0.15, -0.1) is 0 Å². The lowest BCUT2D eigenvalue weighted by Crippen LogP contribution is -2.43. The summed E-state index contributed by atoms with van der Waals surface area (Å²) in [7, 11) is 0. The molecule has 0 aliphatic carbocycles. The van der Waals surface area contributed by atoms with Crippen LogP contribution in [0.25, 0.3) is 0 Å². The summed E-state index contributed by atoms with van der Waals surface area (Å²) in [5, 5.41) is 0. The summed E-state index contributed by atoms with van der Waals surface area (Å²) in [5.41, 5.74) is 1.21. The minimum atomic E-state index is -4.33. The van der Waals surface area contributed by atoms with Crippen molar-refractivity contribution in [1.82, 2.24) is 4.90 Å². The monoisotopic (exact) mass is 229 g/mol. The zero-order valence-electron chi connectivity index (χ0n) is 8.42. The molecule has 0 saturated carbocycles. The summed E-state index contributed by atoms with van der Waals surface area (Å²) in [6, 6.07) is 6.79. The van der Waals surface area contributed by atoms with Crippen LogP contribution in [0.2, 0.25) is 0 Å². The topological polar surface area (TPSA) is 20.3 Å². The predicted octanol–water partition coefficient (Wildman–Crippen LogP) is 2.25. The molecule has 0 saturated heterocycles. The molecular formula is C11H10F3NO. The van der Waals surface area contributed by atoms with Gasteiger partial charge in [-0.2, -0.15) is 13.2 Å². The number of halogens is 3. The molecule has 1 heterocycles. The van der Waals surface area contributed by atoms with Gasteiger partial charge in [0.25, 0.3) is 5.91 Å². The fourth-order valence-corrected chi connectivity index (χ4v) is 1.84. The number of hydrogen-bond donors (Lipinski definition) is 0. The van der Waals surface area contributed by atoms with Gasteiger partial charge in [0.2, 0.25) is 0 Å². The Bertz CT molecular complexity index is 414. The highest BCUT2D eigenvalue weighted by Gasteiger charge is 2.35. The van der Waals surface area contributed by atoms with E-state index in [2.05, 4.69) is 0 Å². The van der Waals surface area contributed by atoms with Crippen molar-refractivity contribution in [3.05, 3.63) is 35.4 Å². The number of carbonyl (C=O) groups excluding carboxylic acids is 1. The second-order valence-corrected chi connectivity index (χ2v) is 3.75. The quantitative estimate of drug-likeness (QED) is 0.723. The van der Waals surface area contributed by atoms with E-state index in [1.807, 2.05) is 0 Å². The van der Waals surface area contributed by atoms with Crippen molar-refractivity contribution in [2.75, 3.05) is 13.1 Å². The molecule has 1 aliphatic rings. The summed E-state index contributed by atoms with van der Waals surface area (Å²) in [6.45, 7) is -1.03. The van der Waals surface area contributed by atoms with Crippen molar-refractivity contribution >= 4 is 5.91 Å². The third-order valence-electron chi connectivity index (χ3n) is 2.56. The number of alkyl halides is 3. The lowest BCUT2D eigenvalue weighted by Gasteiger charge is -2.29. The molecule has 16 heavy (non-hydrogen) atoms. The SMILES string of the molecule is O=C1c2ccccc2CCN1CC(F)(F)F. The zero-order chi connectivity index (χ0) is 11.8. The molecule has 1 aromatic rings. The van der Waals surface area contributed by atoms with Gasteiger partial charge in [0, 0.05) is 12.1 Å². The Morgan fingerprint density at radius 2 is 1.94 bits per heavy atom. The molecule has 0 N–H and O–H groups in total. The van der Waals surface area contributed by atoms with Crippen LogP contribution in [0, 0.1) is 0 Å². The summed E-state index contributed by atoms with van der Waals surface area (Å²) >= 11 is 0. The van der Waals surface area contributed by atoms with E-state index in [0.29, 0.717) is 12.0 Å². The van der Waals surface area contributed by atoms with Crippen LogP contribution in [0.3, 0.4) is 0 Å². The van der Waals surface area contributed by atoms with Gasteiger partial charge in [-0.25, -0.2) is 0 Å². The van der Waals surface area contributed by atoms with Crippen LogP contribution < -0.4 is 0 Å². The molecule has 1 aliphatic heterocycles. The van der Waals surface area contributed by atoms with E-state index in [1.165, 1.54) is 0 Å². The number of hydrogen-bond acceptors (Lipinski definition) is 1. The highest BCUT2D eigenvalue weighted by molar-refractivity contribution is 5.96. The Kier molecular flexibility index (Phi) is 2.61. The maximum absolute atomic E-state index is 12.2. The van der Waals surface area contributed by atoms with Crippen LogP contribution in [0.1, 0.15) is 15.9 Å². The lowest BCUT2D eigenvalue weighted by atomic mass is 9.99. The van der Waals surface area contributed by atoms with Crippen molar-refractivity contribution in [2.45, 2.75) is 12.6 Å². The highest BCUT2D eigenvalue weighted by atomic mass is 19.4. The first-order chi connectivity index (χ1) is 7.47. The molecule has 0 spiro atoms. The Morgan fingerprint density at radius 1 is 1.25 bits per heavy atom. The van der Waals surface area contributed by atoms with Gasteiger partial charge in [-0.3, -0.25) is 4.79 Å². The highest BCUT2D eigenvalue weighted by Crippen LogP contribution is 2.23. The van der Waals surface area contributed by atoms with Gasteiger partial charge in [-0.05, 0) is 18.1 Å². The van der Waals surface area contributed by atoms with Crippen LogP contribution in [0.5, 0.6) is 0 Å². The molecule has 0 aromatic heterocycles. The van der Waals surface area contributed by atoms with Gasteiger partial charge in [0.1, 0.15) is 6.54 Å². The number of nitrogens with zero attached hydrogens (tertiary/aromatic N) is 1. The van der Waals surface area contributed by atoms with Crippen LogP contribution in [0.4, 0.5) is 13.2 Å². The summed E-state index contributed by atoms with van der Waals surface area (Å²) in [4.78, 5) is 12.6. The number of fused-ring (bicyclic) bond motifs is 1. The van der Waals surface area contributed by atoms with E-state index in [0.717, 1.165) is 10.5 Å². The van der Waals surface area contributed by atoms with E-state index in [4.69, 9.17) is 0 Å². The van der Waals surface area contributed by atoms with E-state index in [1.54, 1.807) is 24.3 Å². The molecule has 0 fully saturated rings. The van der Waals surface area contributed by atoms with Crippen molar-refractivity contribution in [2.24, 2.45) is 0 Å². The molecular weight excluding hydrogens is 219 g/mol. The third kappa shape index (κ3) is 2.18. The maximum atomic E-state index is 12.2. The Hall–Kier alpha value is -1.52. The molecule has 1 aromatic carbocycles. The molecule has 2 nitrogen and oxygen atoms in total. The summed E-state index contributed by atoms with van der Waals surface area (Å²) < 4.78 is 36.6. The molecule has 2 rings (SSSR count). The van der Waals surface area contributed by atoms with E-state index in [-0.39, 0.29) is 6.54 Å². The maximum Gasteiger partial charge on any atom is 0.406 e. The van der Waals surface area contributed by atoms with Crippen LogP contribution >= 0.6 is 0 Å². The van der Waals surface area contributed by atoms with Crippen molar-refractivity contribution in [3.8, 4) is 0 Å². The Labute approximate surface area is 90.7 Å². The lowest BCUT2D eigenvalue weighted by molar-refractivity contribution is -0.141. The van der Waals surface area contributed by atoms with E-state index in [9.17, 15) is 18.0 Å². The zero-order valence-corrected chi connectivity index (χ0v) is 8.42. The second-order valence-electron chi connectivity index (χ2n) is 3.75. The largest absolute Gasteiger partial charge is 0.406 e. The predicted molar refractivity (Wildman–Crippen MR) is 52.1 cm³/mol. The van der Waals surface area contributed by atoms with Crippen molar-refractivity contribution in [3.63, 3.8) is 0 Å². The summed E-state index contributed by atoms with van der Waals surface area (Å²) in [6.07, 6.45) is -3.85. The molecule has 86 valence electrons. The Morgan fingerprint density at radius 3 is 2.62 bits per heavy atom. The summed E-state index contributed by atoms with van der Waals surface area (Å²) in [5.74, 6) is -0.529. The van der Waals surface area contributed by atoms with Gasteiger partial charge < -0.3 is 4.90 Å². The van der Waals surface area contributed by atoms with E-state index < -0.39 is 18.6 Å². The average molecular weight is 229 g/mol. The minimum absolute atomic E-state index is 0.134. The Balaban J connectivity index is 2.22. The van der Waals surface area contributed by atoms with Gasteiger partial charge in [-0.1, -0.05) is 18.2 Å². The van der Waals surface area contributed by atoms with Crippen molar-refractivity contribution < 1.29 is 18.0 Å². The fourth-order valence-electron chi connectivity index (χ4n) is 1.84. The van der Waals surface area contributed by atoms with E-state index >= 15 is 0 Å². The molecule has 5 heteroatoms. The van der Waals surface area contributed by atoms with Gasteiger partial charge in [0.05, 0.1) is 0 Å². The molecule has 1 amide bonds. The van der Waals surface area contributed by atoms with Gasteiger partial charge in [0.15, 0.2) is 0 Å².